The Hall–Kier alpha value is -5.15. The van der Waals surface area contributed by atoms with Crippen LogP contribution in [0.15, 0.2) is 91.0 Å². The van der Waals surface area contributed by atoms with Crippen LogP contribution < -0.4 is 14.8 Å². The highest BCUT2D eigenvalue weighted by molar-refractivity contribution is 6.10. The smallest absolute Gasteiger partial charge is 0.311 e. The second-order valence-electron chi connectivity index (χ2n) is 9.16. The molecule has 0 spiro atoms. The standard InChI is InChI=1S/C31H27N3O6/c1-39-29-16-10-20(17-27(29)34(37)38)9-15-28(36)21-11-13-22(14-12-21)32-18-23(35)19-40-30-8-4-7-26-31(30)24-5-2-3-6-25(24)33-26/h2-17,23,32-33,35H,18-19H2,1H3. The summed E-state index contributed by atoms with van der Waals surface area (Å²) in [6, 6.07) is 25.1. The SMILES string of the molecule is COc1ccc(C=CC(=O)c2ccc(NCC(O)COc3cccc4[nH]c5ccccc5c34)cc2)cc1[N+](=O)[O-]. The van der Waals surface area contributed by atoms with Crippen LogP contribution in [0.2, 0.25) is 0 Å². The van der Waals surface area contributed by atoms with E-state index < -0.39 is 11.0 Å². The number of ether oxygens (including phenoxy) is 2. The van der Waals surface area contributed by atoms with E-state index in [1.807, 2.05) is 42.5 Å². The van der Waals surface area contributed by atoms with Gasteiger partial charge in [-0.1, -0.05) is 36.4 Å². The zero-order valence-corrected chi connectivity index (χ0v) is 21.7. The van der Waals surface area contributed by atoms with Crippen molar-refractivity contribution in [2.75, 3.05) is 25.6 Å². The van der Waals surface area contributed by atoms with E-state index >= 15 is 0 Å². The molecule has 9 nitrogen and oxygen atoms in total. The van der Waals surface area contributed by atoms with Crippen LogP contribution in [0, 0.1) is 10.1 Å². The number of nitro benzene ring substituents is 1. The van der Waals surface area contributed by atoms with Gasteiger partial charge >= 0.3 is 5.69 Å². The molecule has 0 bridgehead atoms. The van der Waals surface area contributed by atoms with Gasteiger partial charge in [0.2, 0.25) is 0 Å². The first-order valence-electron chi connectivity index (χ1n) is 12.6. The van der Waals surface area contributed by atoms with E-state index in [0.717, 1.165) is 27.5 Å². The van der Waals surface area contributed by atoms with Crippen molar-refractivity contribution in [2.24, 2.45) is 0 Å². The number of nitrogens with zero attached hydrogens (tertiary/aromatic N) is 1. The zero-order valence-electron chi connectivity index (χ0n) is 21.7. The van der Waals surface area contributed by atoms with Gasteiger partial charge in [0.15, 0.2) is 11.5 Å². The van der Waals surface area contributed by atoms with Crippen LogP contribution in [0.1, 0.15) is 15.9 Å². The van der Waals surface area contributed by atoms with E-state index in [1.54, 1.807) is 30.3 Å². The Morgan fingerprint density at radius 3 is 2.58 bits per heavy atom. The second kappa shape index (κ2) is 11.7. The number of para-hydroxylation sites is 1. The minimum atomic E-state index is -0.766. The molecule has 0 aliphatic carbocycles. The van der Waals surface area contributed by atoms with Crippen molar-refractivity contribution in [3.05, 3.63) is 112 Å². The monoisotopic (exact) mass is 537 g/mol. The molecule has 9 heteroatoms. The number of benzene rings is 4. The number of carbonyl (C=O) groups is 1. The quantitative estimate of drug-likeness (QED) is 0.0818. The Morgan fingerprint density at radius 1 is 1.02 bits per heavy atom. The highest BCUT2D eigenvalue weighted by atomic mass is 16.6. The molecule has 0 aliphatic rings. The van der Waals surface area contributed by atoms with Crippen LogP contribution in [0.5, 0.6) is 11.5 Å². The van der Waals surface area contributed by atoms with Gasteiger partial charge in [-0.15, -0.1) is 0 Å². The molecular formula is C31H27N3O6. The maximum Gasteiger partial charge on any atom is 0.311 e. The summed E-state index contributed by atoms with van der Waals surface area (Å²) in [7, 11) is 1.36. The van der Waals surface area contributed by atoms with Crippen molar-refractivity contribution in [1.29, 1.82) is 0 Å². The summed E-state index contributed by atoms with van der Waals surface area (Å²) >= 11 is 0. The Balaban J connectivity index is 1.15. The second-order valence-corrected chi connectivity index (χ2v) is 9.16. The molecule has 1 unspecified atom stereocenters. The lowest BCUT2D eigenvalue weighted by atomic mass is 10.1. The first-order chi connectivity index (χ1) is 19.4. The number of aromatic amines is 1. The number of ketones is 1. The van der Waals surface area contributed by atoms with Crippen LogP contribution in [0.25, 0.3) is 27.9 Å². The van der Waals surface area contributed by atoms with E-state index in [-0.39, 0.29) is 30.4 Å². The number of fused-ring (bicyclic) bond motifs is 3. The van der Waals surface area contributed by atoms with Crippen molar-refractivity contribution in [3.8, 4) is 11.5 Å². The van der Waals surface area contributed by atoms with Gasteiger partial charge in [-0.2, -0.15) is 0 Å². The number of carbonyl (C=O) groups excluding carboxylic acids is 1. The molecular weight excluding hydrogens is 510 g/mol. The molecule has 0 saturated heterocycles. The van der Waals surface area contributed by atoms with Crippen molar-refractivity contribution >= 4 is 45.0 Å². The number of allylic oxidation sites excluding steroid dienone is 1. The van der Waals surface area contributed by atoms with E-state index in [0.29, 0.717) is 16.9 Å². The third-order valence-corrected chi connectivity index (χ3v) is 6.46. The van der Waals surface area contributed by atoms with Crippen molar-refractivity contribution in [2.45, 2.75) is 6.10 Å². The molecule has 1 atom stereocenters. The summed E-state index contributed by atoms with van der Waals surface area (Å²) < 4.78 is 11.0. The number of rotatable bonds is 11. The van der Waals surface area contributed by atoms with E-state index in [4.69, 9.17) is 9.47 Å². The van der Waals surface area contributed by atoms with Gasteiger partial charge in [0.25, 0.3) is 0 Å². The molecule has 1 aromatic heterocycles. The third kappa shape index (κ3) is 5.79. The van der Waals surface area contributed by atoms with E-state index in [9.17, 15) is 20.0 Å². The topological polar surface area (TPSA) is 127 Å². The maximum atomic E-state index is 12.6. The Kier molecular flexibility index (Phi) is 7.75. The minimum Gasteiger partial charge on any atom is -0.490 e. The molecule has 0 fully saturated rings. The average molecular weight is 538 g/mol. The highest BCUT2D eigenvalue weighted by Gasteiger charge is 2.15. The van der Waals surface area contributed by atoms with E-state index in [2.05, 4.69) is 10.3 Å². The number of aromatic nitrogens is 1. The normalized spacial score (nSPS) is 12.1. The van der Waals surface area contributed by atoms with Crippen molar-refractivity contribution in [3.63, 3.8) is 0 Å². The summed E-state index contributed by atoms with van der Waals surface area (Å²) in [4.78, 5) is 26.6. The van der Waals surface area contributed by atoms with Gasteiger partial charge in [-0.3, -0.25) is 14.9 Å². The number of nitro groups is 1. The maximum absolute atomic E-state index is 12.6. The van der Waals surface area contributed by atoms with Gasteiger partial charge in [0.1, 0.15) is 18.5 Å². The van der Waals surface area contributed by atoms with Crippen molar-refractivity contribution < 1.29 is 24.3 Å². The van der Waals surface area contributed by atoms with Gasteiger partial charge in [0.05, 0.1) is 17.5 Å². The summed E-state index contributed by atoms with van der Waals surface area (Å²) in [6.45, 7) is 0.365. The van der Waals surface area contributed by atoms with Gasteiger partial charge in [-0.05, 0) is 60.2 Å². The predicted molar refractivity (Wildman–Crippen MR) is 155 cm³/mol. The Labute approximate surface area is 229 Å². The fraction of sp³-hybridized carbons (Fsp3) is 0.129. The molecule has 5 rings (SSSR count). The average Bonchev–Trinajstić information content (AvgIpc) is 3.37. The molecule has 5 aromatic rings. The predicted octanol–water partition coefficient (Wildman–Crippen LogP) is 5.99. The van der Waals surface area contributed by atoms with E-state index in [1.165, 1.54) is 31.4 Å². The highest BCUT2D eigenvalue weighted by Crippen LogP contribution is 2.33. The molecule has 202 valence electrons. The lowest BCUT2D eigenvalue weighted by molar-refractivity contribution is -0.385. The summed E-state index contributed by atoms with van der Waals surface area (Å²) in [5.74, 6) is 0.610. The first-order valence-corrected chi connectivity index (χ1v) is 12.6. The number of aliphatic hydroxyl groups is 1. The van der Waals surface area contributed by atoms with Crippen LogP contribution in [-0.4, -0.2) is 47.2 Å². The Morgan fingerprint density at radius 2 is 1.80 bits per heavy atom. The molecule has 1 heterocycles. The van der Waals surface area contributed by atoms with Crippen molar-refractivity contribution in [1.82, 2.24) is 4.98 Å². The zero-order chi connectivity index (χ0) is 28.1. The molecule has 0 saturated carbocycles. The van der Waals surface area contributed by atoms with Gasteiger partial charge in [0, 0.05) is 40.2 Å². The largest absolute Gasteiger partial charge is 0.490 e. The molecule has 3 N–H and O–H groups in total. The van der Waals surface area contributed by atoms with Crippen LogP contribution in [0.4, 0.5) is 11.4 Å². The first kappa shape index (κ1) is 26.5. The number of nitrogens with one attached hydrogen (secondary N) is 2. The number of anilines is 1. The number of H-pyrrole nitrogens is 1. The molecule has 0 aliphatic heterocycles. The lowest BCUT2D eigenvalue weighted by Crippen LogP contribution is -2.26. The third-order valence-electron chi connectivity index (χ3n) is 6.46. The van der Waals surface area contributed by atoms with Gasteiger partial charge < -0.3 is 24.9 Å². The number of aliphatic hydroxyl groups excluding tert-OH is 1. The van der Waals surface area contributed by atoms with Crippen LogP contribution in [0.3, 0.4) is 0 Å². The molecule has 0 radical (unpaired) electrons. The number of hydrogen-bond acceptors (Lipinski definition) is 7. The summed E-state index contributed by atoms with van der Waals surface area (Å²) in [5.41, 5.74) is 3.54. The molecule has 4 aromatic carbocycles. The lowest BCUT2D eigenvalue weighted by Gasteiger charge is -2.15. The van der Waals surface area contributed by atoms with Crippen LogP contribution >= 0.6 is 0 Å². The molecule has 40 heavy (non-hydrogen) atoms. The number of methoxy groups -OCH3 is 1. The van der Waals surface area contributed by atoms with Crippen LogP contribution in [-0.2, 0) is 0 Å². The minimum absolute atomic E-state index is 0.108. The summed E-state index contributed by atoms with van der Waals surface area (Å²) in [5, 5.41) is 26.9. The fourth-order valence-electron chi connectivity index (χ4n) is 4.44. The molecule has 0 amide bonds. The number of hydrogen-bond donors (Lipinski definition) is 3. The summed E-state index contributed by atoms with van der Waals surface area (Å²) in [6.07, 6.45) is 2.12. The fourth-order valence-corrected chi connectivity index (χ4v) is 4.44. The van der Waals surface area contributed by atoms with Gasteiger partial charge in [-0.25, -0.2) is 0 Å². The Bertz CT molecular complexity index is 1710.